The molecule has 122 valence electrons. The average molecular weight is 315 g/mol. The normalized spacial score (nSPS) is 17.3. The van der Waals surface area contributed by atoms with Crippen molar-refractivity contribution in [2.75, 3.05) is 6.54 Å². The third kappa shape index (κ3) is 3.60. The number of carbonyl (C=O) groups excluding carboxylic acids is 2. The standard InChI is InChI=1S/C18H21NO4/c20-16-4-2-1-3-12-11-13(5-8-15(12)16)18(23)19(14-6-7-14)10-9-17(21)22/h5,8,11,14H,1-4,6-7,9-10H2,(H,21,22). The third-order valence-corrected chi connectivity index (χ3v) is 4.57. The average Bonchev–Trinajstić information content (AvgIpc) is 3.36. The van der Waals surface area contributed by atoms with Gasteiger partial charge in [0.15, 0.2) is 5.78 Å². The lowest BCUT2D eigenvalue weighted by Crippen LogP contribution is -2.35. The maximum atomic E-state index is 12.7. The molecule has 0 heterocycles. The van der Waals surface area contributed by atoms with Gasteiger partial charge in [-0.15, -0.1) is 0 Å². The lowest BCUT2D eigenvalue weighted by molar-refractivity contribution is -0.137. The number of carbonyl (C=O) groups is 3. The Morgan fingerprint density at radius 1 is 1.17 bits per heavy atom. The van der Waals surface area contributed by atoms with E-state index in [0.29, 0.717) is 12.0 Å². The van der Waals surface area contributed by atoms with Crippen molar-refractivity contribution < 1.29 is 19.5 Å². The number of nitrogens with zero attached hydrogens (tertiary/aromatic N) is 1. The van der Waals surface area contributed by atoms with Crippen LogP contribution in [-0.2, 0) is 11.2 Å². The summed E-state index contributed by atoms with van der Waals surface area (Å²) in [4.78, 5) is 37.3. The van der Waals surface area contributed by atoms with Crippen LogP contribution < -0.4 is 0 Å². The van der Waals surface area contributed by atoms with Gasteiger partial charge in [0.05, 0.1) is 6.42 Å². The number of hydrogen-bond acceptors (Lipinski definition) is 3. The van der Waals surface area contributed by atoms with Crippen LogP contribution in [0.2, 0.25) is 0 Å². The Hall–Kier alpha value is -2.17. The van der Waals surface area contributed by atoms with E-state index in [2.05, 4.69) is 0 Å². The Labute approximate surface area is 135 Å². The van der Waals surface area contributed by atoms with E-state index in [4.69, 9.17) is 5.11 Å². The summed E-state index contributed by atoms with van der Waals surface area (Å²) in [6.45, 7) is 0.245. The number of amides is 1. The van der Waals surface area contributed by atoms with Crippen molar-refractivity contribution >= 4 is 17.7 Å². The van der Waals surface area contributed by atoms with E-state index in [9.17, 15) is 14.4 Å². The Kier molecular flexibility index (Phi) is 4.46. The molecular weight excluding hydrogens is 294 g/mol. The van der Waals surface area contributed by atoms with Crippen LogP contribution in [0.5, 0.6) is 0 Å². The molecule has 2 aliphatic rings. The zero-order chi connectivity index (χ0) is 16.4. The summed E-state index contributed by atoms with van der Waals surface area (Å²) in [5.74, 6) is -0.856. The molecule has 0 spiro atoms. The van der Waals surface area contributed by atoms with E-state index in [0.717, 1.165) is 43.2 Å². The summed E-state index contributed by atoms with van der Waals surface area (Å²) in [6, 6.07) is 5.47. The highest BCUT2D eigenvalue weighted by Crippen LogP contribution is 2.29. The molecule has 0 aliphatic heterocycles. The van der Waals surface area contributed by atoms with Crippen LogP contribution in [0.1, 0.15) is 64.8 Å². The summed E-state index contributed by atoms with van der Waals surface area (Å²) in [5.41, 5.74) is 2.26. The van der Waals surface area contributed by atoms with Crippen molar-refractivity contribution in [1.82, 2.24) is 4.90 Å². The quantitative estimate of drug-likeness (QED) is 0.848. The highest BCUT2D eigenvalue weighted by atomic mass is 16.4. The molecule has 23 heavy (non-hydrogen) atoms. The molecule has 0 unspecified atom stereocenters. The number of carboxylic acid groups (broad SMARTS) is 1. The second-order valence-corrected chi connectivity index (χ2v) is 6.38. The van der Waals surface area contributed by atoms with Crippen LogP contribution in [0, 0.1) is 0 Å². The minimum Gasteiger partial charge on any atom is -0.481 e. The van der Waals surface area contributed by atoms with Crippen LogP contribution in [0.25, 0.3) is 0 Å². The molecule has 1 aromatic rings. The van der Waals surface area contributed by atoms with Crippen molar-refractivity contribution in [2.24, 2.45) is 0 Å². The summed E-state index contributed by atoms with van der Waals surface area (Å²) in [7, 11) is 0. The highest BCUT2D eigenvalue weighted by Gasteiger charge is 2.33. The fraction of sp³-hybridized carbons (Fsp3) is 0.500. The zero-order valence-electron chi connectivity index (χ0n) is 13.1. The van der Waals surface area contributed by atoms with Gasteiger partial charge in [0.1, 0.15) is 0 Å². The summed E-state index contributed by atoms with van der Waals surface area (Å²) in [5, 5.41) is 8.86. The number of ketones is 1. The van der Waals surface area contributed by atoms with E-state index in [-0.39, 0.29) is 30.7 Å². The highest BCUT2D eigenvalue weighted by molar-refractivity contribution is 6.00. The molecule has 0 radical (unpaired) electrons. The van der Waals surface area contributed by atoms with Crippen molar-refractivity contribution in [3.05, 3.63) is 34.9 Å². The van der Waals surface area contributed by atoms with E-state index in [1.165, 1.54) is 0 Å². The molecule has 1 amide bonds. The van der Waals surface area contributed by atoms with Gasteiger partial charge in [-0.1, -0.05) is 6.07 Å². The predicted molar refractivity (Wildman–Crippen MR) is 84.6 cm³/mol. The molecule has 0 bridgehead atoms. The van der Waals surface area contributed by atoms with Crippen LogP contribution in [0.15, 0.2) is 18.2 Å². The first-order chi connectivity index (χ1) is 11.1. The first-order valence-electron chi connectivity index (χ1n) is 8.25. The maximum Gasteiger partial charge on any atom is 0.305 e. The van der Waals surface area contributed by atoms with Crippen LogP contribution >= 0.6 is 0 Å². The number of rotatable bonds is 5. The monoisotopic (exact) mass is 315 g/mol. The first-order valence-corrected chi connectivity index (χ1v) is 8.25. The number of aliphatic carboxylic acids is 1. The summed E-state index contributed by atoms with van der Waals surface area (Å²) in [6.07, 6.45) is 5.09. The van der Waals surface area contributed by atoms with E-state index in [1.54, 1.807) is 17.0 Å². The van der Waals surface area contributed by atoms with Crippen molar-refractivity contribution in [3.63, 3.8) is 0 Å². The fourth-order valence-corrected chi connectivity index (χ4v) is 3.16. The zero-order valence-corrected chi connectivity index (χ0v) is 13.1. The fourth-order valence-electron chi connectivity index (χ4n) is 3.16. The molecule has 5 nitrogen and oxygen atoms in total. The van der Waals surface area contributed by atoms with Crippen LogP contribution in [0.3, 0.4) is 0 Å². The van der Waals surface area contributed by atoms with Gasteiger partial charge in [-0.05, 0) is 49.8 Å². The molecular formula is C18H21NO4. The Morgan fingerprint density at radius 3 is 2.61 bits per heavy atom. The van der Waals surface area contributed by atoms with Gasteiger partial charge in [0.2, 0.25) is 0 Å². The van der Waals surface area contributed by atoms with Gasteiger partial charge in [-0.3, -0.25) is 14.4 Å². The molecule has 0 saturated heterocycles. The van der Waals surface area contributed by atoms with Gasteiger partial charge < -0.3 is 10.0 Å². The molecule has 0 atom stereocenters. The molecule has 1 fully saturated rings. The van der Waals surface area contributed by atoms with E-state index in [1.807, 2.05) is 6.07 Å². The number of fused-ring (bicyclic) bond motifs is 1. The minimum absolute atomic E-state index is 0.0360. The third-order valence-electron chi connectivity index (χ3n) is 4.57. The Balaban J connectivity index is 1.82. The lowest BCUT2D eigenvalue weighted by atomic mass is 9.99. The van der Waals surface area contributed by atoms with Gasteiger partial charge in [0, 0.05) is 30.1 Å². The first kappa shape index (κ1) is 15.7. The molecule has 3 rings (SSSR count). The SMILES string of the molecule is O=C(O)CCN(C(=O)c1ccc2c(c1)CCCCC2=O)C1CC1. The topological polar surface area (TPSA) is 74.7 Å². The largest absolute Gasteiger partial charge is 0.481 e. The van der Waals surface area contributed by atoms with Gasteiger partial charge in [-0.25, -0.2) is 0 Å². The lowest BCUT2D eigenvalue weighted by Gasteiger charge is -2.22. The van der Waals surface area contributed by atoms with Crippen LogP contribution in [-0.4, -0.2) is 40.3 Å². The minimum atomic E-state index is -0.893. The number of hydrogen-bond donors (Lipinski definition) is 1. The number of Topliss-reactive ketones (excluding diaryl/α,β-unsaturated/α-hetero) is 1. The Morgan fingerprint density at radius 2 is 1.91 bits per heavy atom. The van der Waals surface area contributed by atoms with Gasteiger partial charge >= 0.3 is 5.97 Å². The van der Waals surface area contributed by atoms with Crippen LogP contribution in [0.4, 0.5) is 0 Å². The Bertz CT molecular complexity index is 648. The van der Waals surface area contributed by atoms with Crippen molar-refractivity contribution in [2.45, 2.75) is 51.0 Å². The molecule has 0 aromatic heterocycles. The van der Waals surface area contributed by atoms with Crippen molar-refractivity contribution in [3.8, 4) is 0 Å². The second kappa shape index (κ2) is 6.52. The van der Waals surface area contributed by atoms with E-state index < -0.39 is 5.97 Å². The van der Waals surface area contributed by atoms with Gasteiger partial charge in [-0.2, -0.15) is 0 Å². The van der Waals surface area contributed by atoms with Gasteiger partial charge in [0.25, 0.3) is 5.91 Å². The van der Waals surface area contributed by atoms with E-state index >= 15 is 0 Å². The maximum absolute atomic E-state index is 12.7. The number of carboxylic acids is 1. The molecule has 2 aliphatic carbocycles. The molecule has 5 heteroatoms. The number of aryl methyl sites for hydroxylation is 1. The van der Waals surface area contributed by atoms with Crippen molar-refractivity contribution in [1.29, 1.82) is 0 Å². The summed E-state index contributed by atoms with van der Waals surface area (Å²) >= 11 is 0. The smallest absolute Gasteiger partial charge is 0.305 e. The molecule has 1 saturated carbocycles. The molecule has 1 aromatic carbocycles. The molecule has 1 N–H and O–H groups in total. The predicted octanol–water partition coefficient (Wildman–Crippen LogP) is 2.68. The summed E-state index contributed by atoms with van der Waals surface area (Å²) < 4.78 is 0. The second-order valence-electron chi connectivity index (χ2n) is 6.38. The number of benzene rings is 1.